The van der Waals surface area contributed by atoms with E-state index >= 15 is 0 Å². The monoisotopic (exact) mass is 350 g/mol. The van der Waals surface area contributed by atoms with Crippen LogP contribution in [0.25, 0.3) is 21.9 Å². The van der Waals surface area contributed by atoms with Crippen molar-refractivity contribution in [1.82, 2.24) is 0 Å². The first-order valence-electron chi connectivity index (χ1n) is 5.93. The van der Waals surface area contributed by atoms with E-state index in [0.717, 1.165) is 5.39 Å². The van der Waals surface area contributed by atoms with Crippen LogP contribution in [0.4, 0.5) is 4.39 Å². The Balaban J connectivity index is 2.33. The third kappa shape index (κ3) is 2.17. The first-order chi connectivity index (χ1) is 9.58. The van der Waals surface area contributed by atoms with Gasteiger partial charge in [-0.1, -0.05) is 57.9 Å². The minimum absolute atomic E-state index is 0.0157. The van der Waals surface area contributed by atoms with E-state index in [1.165, 1.54) is 6.07 Å². The van der Waals surface area contributed by atoms with E-state index in [4.69, 9.17) is 11.6 Å². The van der Waals surface area contributed by atoms with Crippen LogP contribution in [0.5, 0.6) is 5.75 Å². The van der Waals surface area contributed by atoms with Gasteiger partial charge >= 0.3 is 0 Å². The van der Waals surface area contributed by atoms with Crippen LogP contribution in [0.15, 0.2) is 53.0 Å². The molecule has 0 heterocycles. The maximum atomic E-state index is 14.2. The van der Waals surface area contributed by atoms with Gasteiger partial charge in [0.15, 0.2) is 0 Å². The van der Waals surface area contributed by atoms with Crippen molar-refractivity contribution in [1.29, 1.82) is 0 Å². The van der Waals surface area contributed by atoms with E-state index in [9.17, 15) is 9.50 Å². The van der Waals surface area contributed by atoms with Gasteiger partial charge in [0.25, 0.3) is 0 Å². The maximum absolute atomic E-state index is 14.2. The zero-order valence-corrected chi connectivity index (χ0v) is 12.5. The van der Waals surface area contributed by atoms with Crippen molar-refractivity contribution in [2.45, 2.75) is 0 Å². The summed E-state index contributed by atoms with van der Waals surface area (Å²) in [5.74, 6) is -0.489. The van der Waals surface area contributed by atoms with Gasteiger partial charge in [-0.15, -0.1) is 0 Å². The molecular weight excluding hydrogens is 343 g/mol. The van der Waals surface area contributed by atoms with Gasteiger partial charge in [0.1, 0.15) is 11.6 Å². The number of fused-ring (bicyclic) bond motifs is 1. The average Bonchev–Trinajstić information content (AvgIpc) is 2.44. The lowest BCUT2D eigenvalue weighted by Gasteiger charge is -2.10. The number of benzene rings is 3. The Morgan fingerprint density at radius 3 is 2.55 bits per heavy atom. The van der Waals surface area contributed by atoms with Gasteiger partial charge in [-0.2, -0.15) is 0 Å². The number of hydrogen-bond donors (Lipinski definition) is 1. The Morgan fingerprint density at radius 1 is 1.00 bits per heavy atom. The highest BCUT2D eigenvalue weighted by molar-refractivity contribution is 9.10. The molecule has 0 aliphatic carbocycles. The van der Waals surface area contributed by atoms with E-state index in [0.29, 0.717) is 15.4 Å². The number of phenols is 1. The fraction of sp³-hybridized carbons (Fsp3) is 0. The lowest BCUT2D eigenvalue weighted by molar-refractivity contribution is 0.483. The Bertz CT molecular complexity index is 817. The van der Waals surface area contributed by atoms with Crippen LogP contribution in [0.3, 0.4) is 0 Å². The van der Waals surface area contributed by atoms with Gasteiger partial charge < -0.3 is 5.11 Å². The molecule has 100 valence electrons. The van der Waals surface area contributed by atoms with Crippen LogP contribution < -0.4 is 0 Å². The van der Waals surface area contributed by atoms with Crippen molar-refractivity contribution in [3.63, 3.8) is 0 Å². The zero-order chi connectivity index (χ0) is 14.3. The number of hydrogen-bond acceptors (Lipinski definition) is 1. The van der Waals surface area contributed by atoms with Crippen LogP contribution in [0, 0.1) is 5.82 Å². The molecule has 4 heteroatoms. The van der Waals surface area contributed by atoms with Crippen molar-refractivity contribution in [3.05, 3.63) is 63.8 Å². The predicted molar refractivity (Wildman–Crippen MR) is 83.7 cm³/mol. The molecule has 0 aromatic heterocycles. The zero-order valence-electron chi connectivity index (χ0n) is 10.2. The molecule has 3 rings (SSSR count). The van der Waals surface area contributed by atoms with Gasteiger partial charge in [0.2, 0.25) is 0 Å². The summed E-state index contributed by atoms with van der Waals surface area (Å²) < 4.78 is 14.8. The largest absolute Gasteiger partial charge is 0.507 e. The molecule has 0 aliphatic heterocycles. The van der Waals surface area contributed by atoms with Crippen LogP contribution in [0.1, 0.15) is 0 Å². The van der Waals surface area contributed by atoms with E-state index in [1.54, 1.807) is 18.2 Å². The van der Waals surface area contributed by atoms with Crippen LogP contribution in [-0.4, -0.2) is 5.11 Å². The number of rotatable bonds is 1. The molecule has 3 aromatic carbocycles. The highest BCUT2D eigenvalue weighted by Gasteiger charge is 2.15. The van der Waals surface area contributed by atoms with Crippen LogP contribution >= 0.6 is 27.5 Å². The van der Waals surface area contributed by atoms with Crippen molar-refractivity contribution < 1.29 is 9.50 Å². The third-order valence-electron chi connectivity index (χ3n) is 3.18. The van der Waals surface area contributed by atoms with Gasteiger partial charge in [0.05, 0.1) is 5.02 Å². The minimum atomic E-state index is -0.541. The second-order valence-electron chi connectivity index (χ2n) is 4.43. The predicted octanol–water partition coefficient (Wildman–Crippen LogP) is 5.77. The van der Waals surface area contributed by atoms with Crippen molar-refractivity contribution >= 4 is 38.3 Å². The molecular formula is C16H9BrClFO. The molecule has 1 nitrogen and oxygen atoms in total. The van der Waals surface area contributed by atoms with Gasteiger partial charge in [0, 0.05) is 21.0 Å². The fourth-order valence-corrected chi connectivity index (χ4v) is 3.03. The maximum Gasteiger partial charge on any atom is 0.149 e. The second-order valence-corrected chi connectivity index (χ2v) is 5.75. The van der Waals surface area contributed by atoms with Gasteiger partial charge in [-0.05, 0) is 23.6 Å². The lowest BCUT2D eigenvalue weighted by atomic mass is 9.99. The summed E-state index contributed by atoms with van der Waals surface area (Å²) in [6.07, 6.45) is 0. The quantitative estimate of drug-likeness (QED) is 0.552. The molecule has 0 aliphatic rings. The molecule has 0 radical (unpaired) electrons. The Labute approximate surface area is 128 Å². The Hall–Kier alpha value is -1.58. The molecule has 0 bridgehead atoms. The molecule has 0 fully saturated rings. The third-order valence-corrected chi connectivity index (χ3v) is 3.92. The lowest BCUT2D eigenvalue weighted by Crippen LogP contribution is -1.88. The summed E-state index contributed by atoms with van der Waals surface area (Å²) in [5.41, 5.74) is 0.692. The minimum Gasteiger partial charge on any atom is -0.507 e. The standard InChI is InChI=1S/C16H9BrClFO/c17-10-7-13(15(19)14(18)8-10)12-6-5-9-3-1-2-4-11(9)16(12)20/h1-8,20H. The molecule has 0 atom stereocenters. The number of halogens is 3. The molecule has 0 unspecified atom stereocenters. The summed E-state index contributed by atoms with van der Waals surface area (Å²) in [6, 6.07) is 14.0. The number of aromatic hydroxyl groups is 1. The first kappa shape index (κ1) is 13.4. The summed E-state index contributed by atoms with van der Waals surface area (Å²) in [7, 11) is 0. The summed E-state index contributed by atoms with van der Waals surface area (Å²) in [5, 5.41) is 12.0. The van der Waals surface area contributed by atoms with Gasteiger partial charge in [-0.25, -0.2) is 4.39 Å². The summed E-state index contributed by atoms with van der Waals surface area (Å²) in [6.45, 7) is 0. The highest BCUT2D eigenvalue weighted by Crippen LogP contribution is 2.39. The number of phenolic OH excluding ortho intramolecular Hbond substituents is 1. The topological polar surface area (TPSA) is 20.2 Å². The molecule has 3 aromatic rings. The van der Waals surface area contributed by atoms with E-state index in [-0.39, 0.29) is 16.3 Å². The van der Waals surface area contributed by atoms with E-state index in [1.807, 2.05) is 24.3 Å². The summed E-state index contributed by atoms with van der Waals surface area (Å²) >= 11 is 9.14. The molecule has 0 saturated heterocycles. The first-order valence-corrected chi connectivity index (χ1v) is 7.10. The average molecular weight is 352 g/mol. The smallest absolute Gasteiger partial charge is 0.149 e. The molecule has 0 spiro atoms. The fourth-order valence-electron chi connectivity index (χ4n) is 2.22. The summed E-state index contributed by atoms with van der Waals surface area (Å²) in [4.78, 5) is 0. The van der Waals surface area contributed by atoms with Crippen molar-refractivity contribution in [2.24, 2.45) is 0 Å². The molecule has 0 amide bonds. The van der Waals surface area contributed by atoms with Crippen LogP contribution in [-0.2, 0) is 0 Å². The van der Waals surface area contributed by atoms with E-state index in [2.05, 4.69) is 15.9 Å². The Kier molecular flexibility index (Phi) is 3.40. The molecule has 1 N–H and O–H groups in total. The second kappa shape index (κ2) is 5.08. The Morgan fingerprint density at radius 2 is 1.75 bits per heavy atom. The van der Waals surface area contributed by atoms with Crippen LogP contribution in [0.2, 0.25) is 5.02 Å². The van der Waals surface area contributed by atoms with Gasteiger partial charge in [-0.3, -0.25) is 0 Å². The van der Waals surface area contributed by atoms with Crippen molar-refractivity contribution in [3.8, 4) is 16.9 Å². The van der Waals surface area contributed by atoms with Crippen molar-refractivity contribution in [2.75, 3.05) is 0 Å². The SMILES string of the molecule is Oc1c(-c2cc(Br)cc(Cl)c2F)ccc2ccccc12. The molecule has 0 saturated carbocycles. The normalized spacial score (nSPS) is 10.9. The highest BCUT2D eigenvalue weighted by atomic mass is 79.9. The van der Waals surface area contributed by atoms with E-state index < -0.39 is 5.82 Å². The molecule has 20 heavy (non-hydrogen) atoms.